The van der Waals surface area contributed by atoms with Gasteiger partial charge < -0.3 is 0 Å². The Morgan fingerprint density at radius 2 is 1.55 bits per heavy atom. The lowest BCUT2D eigenvalue weighted by Gasteiger charge is -2.34. The minimum absolute atomic E-state index is 0.944. The largest absolute Gasteiger partial charge is 0.300 e. The summed E-state index contributed by atoms with van der Waals surface area (Å²) in [5, 5.41) is 0. The van der Waals surface area contributed by atoms with Crippen molar-refractivity contribution in [1.82, 2.24) is 4.90 Å². The number of nitrogens with zero attached hydrogens (tertiary/aromatic N) is 1. The van der Waals surface area contributed by atoms with Gasteiger partial charge in [-0.1, -0.05) is 13.8 Å². The summed E-state index contributed by atoms with van der Waals surface area (Å²) >= 11 is 0. The Hall–Kier alpha value is -0.0400. The fraction of sp³-hybridized carbons (Fsp3) is 1.00. The fourth-order valence-electron chi connectivity index (χ4n) is 2.45. The highest BCUT2D eigenvalue weighted by atomic mass is 15.2. The second-order valence-electron chi connectivity index (χ2n) is 4.63. The maximum Gasteiger partial charge on any atom is 0.00966 e. The fourth-order valence-corrected chi connectivity index (χ4v) is 2.45. The van der Waals surface area contributed by atoms with Gasteiger partial charge in [0.2, 0.25) is 0 Å². The molecule has 1 saturated heterocycles. The molecule has 0 aromatic rings. The molecule has 2 atom stereocenters. The van der Waals surface area contributed by atoms with Gasteiger partial charge in [0.15, 0.2) is 0 Å². The van der Waals surface area contributed by atoms with Crippen LogP contribution in [-0.2, 0) is 0 Å². The van der Waals surface area contributed by atoms with Crippen LogP contribution in [0.4, 0.5) is 0 Å². The standard InChI is InChI=1S/C10H19N/c1-8-5-9(2)7-11(6-8)10-3-4-10/h8-10H,3-7H2,1-2H3/t8-,9+. The van der Waals surface area contributed by atoms with Crippen molar-refractivity contribution < 1.29 is 0 Å². The van der Waals surface area contributed by atoms with Crippen molar-refractivity contribution >= 4 is 0 Å². The topological polar surface area (TPSA) is 3.24 Å². The van der Waals surface area contributed by atoms with Crippen molar-refractivity contribution in [3.05, 3.63) is 0 Å². The molecule has 1 heterocycles. The summed E-state index contributed by atoms with van der Waals surface area (Å²) in [6.07, 6.45) is 4.39. The van der Waals surface area contributed by atoms with Gasteiger partial charge in [-0.05, 0) is 31.1 Å². The molecule has 2 aliphatic rings. The molecule has 0 amide bonds. The molecule has 2 rings (SSSR count). The van der Waals surface area contributed by atoms with Gasteiger partial charge in [0.05, 0.1) is 0 Å². The van der Waals surface area contributed by atoms with Crippen molar-refractivity contribution in [2.24, 2.45) is 11.8 Å². The maximum atomic E-state index is 2.71. The molecular formula is C10H19N. The Morgan fingerprint density at radius 3 is 2.00 bits per heavy atom. The Balaban J connectivity index is 1.89. The maximum absolute atomic E-state index is 2.71. The molecule has 0 bridgehead atoms. The second kappa shape index (κ2) is 2.78. The average Bonchev–Trinajstić information content (AvgIpc) is 2.64. The Kier molecular flexibility index (Phi) is 1.92. The van der Waals surface area contributed by atoms with Crippen molar-refractivity contribution in [2.75, 3.05) is 13.1 Å². The Morgan fingerprint density at radius 1 is 1.00 bits per heavy atom. The molecule has 1 aliphatic carbocycles. The lowest BCUT2D eigenvalue weighted by atomic mass is 9.92. The van der Waals surface area contributed by atoms with Crippen molar-refractivity contribution in [2.45, 2.75) is 39.2 Å². The highest BCUT2D eigenvalue weighted by molar-refractivity contribution is 4.88. The van der Waals surface area contributed by atoms with Crippen LogP contribution in [0.25, 0.3) is 0 Å². The predicted octanol–water partition coefficient (Wildman–Crippen LogP) is 2.13. The van der Waals surface area contributed by atoms with Crippen LogP contribution in [0.2, 0.25) is 0 Å². The quantitative estimate of drug-likeness (QED) is 0.558. The highest BCUT2D eigenvalue weighted by Gasteiger charge is 2.33. The van der Waals surface area contributed by atoms with E-state index in [1.807, 2.05) is 0 Å². The minimum atomic E-state index is 0.944. The van der Waals surface area contributed by atoms with Crippen LogP contribution in [0.15, 0.2) is 0 Å². The molecule has 1 heteroatoms. The van der Waals surface area contributed by atoms with Crippen LogP contribution in [0, 0.1) is 11.8 Å². The van der Waals surface area contributed by atoms with Crippen LogP contribution in [-0.4, -0.2) is 24.0 Å². The van der Waals surface area contributed by atoms with E-state index in [2.05, 4.69) is 18.7 Å². The number of likely N-dealkylation sites (tertiary alicyclic amines) is 1. The average molecular weight is 153 g/mol. The smallest absolute Gasteiger partial charge is 0.00966 e. The normalized spacial score (nSPS) is 40.9. The van der Waals surface area contributed by atoms with Gasteiger partial charge in [0.25, 0.3) is 0 Å². The lowest BCUT2D eigenvalue weighted by Crippen LogP contribution is -2.39. The summed E-state index contributed by atoms with van der Waals surface area (Å²) in [6, 6.07) is 0.986. The first-order valence-corrected chi connectivity index (χ1v) is 4.99. The van der Waals surface area contributed by atoms with E-state index >= 15 is 0 Å². The van der Waals surface area contributed by atoms with Gasteiger partial charge in [0.1, 0.15) is 0 Å². The zero-order valence-corrected chi connectivity index (χ0v) is 7.71. The van der Waals surface area contributed by atoms with Crippen LogP contribution >= 0.6 is 0 Å². The minimum Gasteiger partial charge on any atom is -0.300 e. The van der Waals surface area contributed by atoms with E-state index in [1.165, 1.54) is 32.4 Å². The number of rotatable bonds is 1. The number of hydrogen-bond donors (Lipinski definition) is 0. The van der Waals surface area contributed by atoms with Crippen LogP contribution < -0.4 is 0 Å². The van der Waals surface area contributed by atoms with Crippen LogP contribution in [0.3, 0.4) is 0 Å². The lowest BCUT2D eigenvalue weighted by molar-refractivity contribution is 0.133. The van der Waals surface area contributed by atoms with Gasteiger partial charge in [-0.3, -0.25) is 4.90 Å². The molecule has 1 aliphatic heterocycles. The Bertz CT molecular complexity index is 130. The summed E-state index contributed by atoms with van der Waals surface area (Å²) in [6.45, 7) is 7.53. The van der Waals surface area contributed by atoms with E-state index < -0.39 is 0 Å². The third-order valence-electron chi connectivity index (χ3n) is 2.96. The molecule has 0 aromatic heterocycles. The first-order valence-electron chi connectivity index (χ1n) is 4.99. The summed E-state index contributed by atoms with van der Waals surface area (Å²) in [5.74, 6) is 1.89. The van der Waals surface area contributed by atoms with Crippen LogP contribution in [0.5, 0.6) is 0 Å². The van der Waals surface area contributed by atoms with E-state index in [-0.39, 0.29) is 0 Å². The highest BCUT2D eigenvalue weighted by Crippen LogP contribution is 2.32. The van der Waals surface area contributed by atoms with Crippen LogP contribution in [0.1, 0.15) is 33.1 Å². The molecule has 0 radical (unpaired) electrons. The van der Waals surface area contributed by atoms with E-state index in [0.29, 0.717) is 0 Å². The third kappa shape index (κ3) is 1.76. The second-order valence-corrected chi connectivity index (χ2v) is 4.63. The first-order chi connectivity index (χ1) is 5.25. The molecule has 0 aromatic carbocycles. The summed E-state index contributed by atoms with van der Waals surface area (Å²) in [4.78, 5) is 2.71. The monoisotopic (exact) mass is 153 g/mol. The van der Waals surface area contributed by atoms with E-state index in [9.17, 15) is 0 Å². The first kappa shape index (κ1) is 7.60. The molecule has 0 spiro atoms. The Labute approximate surface area is 69.8 Å². The van der Waals surface area contributed by atoms with Gasteiger partial charge in [-0.2, -0.15) is 0 Å². The summed E-state index contributed by atoms with van der Waals surface area (Å²) < 4.78 is 0. The van der Waals surface area contributed by atoms with Gasteiger partial charge in [0, 0.05) is 19.1 Å². The zero-order valence-electron chi connectivity index (χ0n) is 7.71. The summed E-state index contributed by atoms with van der Waals surface area (Å²) in [7, 11) is 0. The van der Waals surface area contributed by atoms with Gasteiger partial charge >= 0.3 is 0 Å². The molecular weight excluding hydrogens is 134 g/mol. The van der Waals surface area contributed by atoms with Gasteiger partial charge in [-0.25, -0.2) is 0 Å². The zero-order chi connectivity index (χ0) is 7.84. The molecule has 0 unspecified atom stereocenters. The van der Waals surface area contributed by atoms with Crippen molar-refractivity contribution in [3.63, 3.8) is 0 Å². The number of hydrogen-bond acceptors (Lipinski definition) is 1. The molecule has 1 nitrogen and oxygen atoms in total. The van der Waals surface area contributed by atoms with Crippen molar-refractivity contribution in [3.8, 4) is 0 Å². The van der Waals surface area contributed by atoms with E-state index in [1.54, 1.807) is 0 Å². The van der Waals surface area contributed by atoms with Gasteiger partial charge in [-0.15, -0.1) is 0 Å². The SMILES string of the molecule is C[C@@H]1C[C@H](C)CN(C2CC2)C1. The summed E-state index contributed by atoms with van der Waals surface area (Å²) in [5.41, 5.74) is 0. The predicted molar refractivity (Wildman–Crippen MR) is 47.5 cm³/mol. The third-order valence-corrected chi connectivity index (χ3v) is 2.96. The molecule has 2 fully saturated rings. The number of piperidine rings is 1. The van der Waals surface area contributed by atoms with E-state index in [4.69, 9.17) is 0 Å². The molecule has 0 N–H and O–H groups in total. The van der Waals surface area contributed by atoms with E-state index in [0.717, 1.165) is 17.9 Å². The van der Waals surface area contributed by atoms with Crippen molar-refractivity contribution in [1.29, 1.82) is 0 Å². The molecule has 11 heavy (non-hydrogen) atoms. The molecule has 1 saturated carbocycles. The molecule has 64 valence electrons.